The number of likely N-dealkylation sites (tertiary alicyclic amines) is 1. The molecule has 10 heteroatoms. The number of nitrogens with zero attached hydrogens (tertiary/aromatic N) is 3. The van der Waals surface area contributed by atoms with Crippen LogP contribution >= 0.6 is 11.8 Å². The predicted octanol–water partition coefficient (Wildman–Crippen LogP) is 4.89. The maximum atomic E-state index is 12.7. The van der Waals surface area contributed by atoms with E-state index in [1.807, 2.05) is 30.5 Å². The second kappa shape index (κ2) is 13.1. The lowest BCUT2D eigenvalue weighted by Gasteiger charge is -2.33. The number of anilines is 1. The van der Waals surface area contributed by atoms with Crippen molar-refractivity contribution in [2.24, 2.45) is 5.92 Å². The maximum Gasteiger partial charge on any atom is 0.415 e. The summed E-state index contributed by atoms with van der Waals surface area (Å²) in [6.45, 7) is 7.81. The first kappa shape index (κ1) is 27.2. The zero-order valence-corrected chi connectivity index (χ0v) is 23.0. The van der Waals surface area contributed by atoms with Gasteiger partial charge in [0.1, 0.15) is 5.75 Å². The fraction of sp³-hybridized carbons (Fsp3) is 0.414. The van der Waals surface area contributed by atoms with E-state index in [1.165, 1.54) is 5.56 Å². The van der Waals surface area contributed by atoms with Gasteiger partial charge in [-0.2, -0.15) is 0 Å². The Morgan fingerprint density at radius 2 is 1.79 bits per heavy atom. The van der Waals surface area contributed by atoms with Crippen LogP contribution in [0, 0.1) is 5.92 Å². The molecule has 2 N–H and O–H groups in total. The molecular weight excluding hydrogens is 514 g/mol. The van der Waals surface area contributed by atoms with Crippen LogP contribution in [0.15, 0.2) is 66.1 Å². The van der Waals surface area contributed by atoms with Crippen molar-refractivity contribution in [3.8, 4) is 5.75 Å². The first-order valence-electron chi connectivity index (χ1n) is 13.5. The molecule has 0 aliphatic carbocycles. The maximum absolute atomic E-state index is 12.7. The first-order valence-corrected chi connectivity index (χ1v) is 14.3. The quantitative estimate of drug-likeness (QED) is 0.386. The number of aromatic nitrogens is 2. The summed E-state index contributed by atoms with van der Waals surface area (Å²) in [6, 6.07) is 14.6. The monoisotopic (exact) mass is 549 g/mol. The average molecular weight is 550 g/mol. The third-order valence-corrected chi connectivity index (χ3v) is 8.48. The summed E-state index contributed by atoms with van der Waals surface area (Å²) in [5.74, 6) is 0.794. The van der Waals surface area contributed by atoms with E-state index in [0.717, 1.165) is 50.8 Å². The molecule has 1 unspecified atom stereocenters. The summed E-state index contributed by atoms with van der Waals surface area (Å²) in [7, 11) is 0. The molecule has 9 nitrogen and oxygen atoms in total. The van der Waals surface area contributed by atoms with Gasteiger partial charge in [-0.25, -0.2) is 9.78 Å². The number of imidazole rings is 1. The Kier molecular flexibility index (Phi) is 9.18. The Bertz CT molecular complexity index is 1210. The van der Waals surface area contributed by atoms with Gasteiger partial charge in [0.25, 0.3) is 5.91 Å². The second-order valence-corrected chi connectivity index (χ2v) is 11.3. The molecule has 3 aromatic rings. The summed E-state index contributed by atoms with van der Waals surface area (Å²) in [4.78, 5) is 37.0. The molecule has 0 radical (unpaired) electrons. The van der Waals surface area contributed by atoms with E-state index in [1.54, 1.807) is 47.1 Å². The van der Waals surface area contributed by atoms with Crippen LogP contribution in [0.25, 0.3) is 0 Å². The number of nitrogens with one attached hydrogen (secondary N) is 2. The number of rotatable bonds is 8. The molecule has 2 aliphatic rings. The molecule has 206 valence electrons. The summed E-state index contributed by atoms with van der Waals surface area (Å²) in [5.41, 5.74) is 2.41. The number of H-pyrrole nitrogens is 1. The topological polar surface area (TPSA) is 99.8 Å². The SMILES string of the molecule is CC(Sc1ncc[nH]1)C1CCN(C(=O)Oc2ccc(NC(=O)c3ccc(CN4CCOCC4)cc3)cc2)CC1. The van der Waals surface area contributed by atoms with Gasteiger partial charge in [-0.05, 0) is 60.7 Å². The molecule has 1 atom stereocenters. The summed E-state index contributed by atoms with van der Waals surface area (Å²) in [6.07, 6.45) is 5.13. The van der Waals surface area contributed by atoms with E-state index in [2.05, 4.69) is 27.1 Å². The number of piperidine rings is 1. The van der Waals surface area contributed by atoms with Crippen LogP contribution < -0.4 is 10.1 Å². The molecule has 1 aromatic heterocycles. The lowest BCUT2D eigenvalue weighted by atomic mass is 9.94. The van der Waals surface area contributed by atoms with Gasteiger partial charge in [0.05, 0.1) is 13.2 Å². The van der Waals surface area contributed by atoms with E-state index in [4.69, 9.17) is 9.47 Å². The van der Waals surface area contributed by atoms with Crippen molar-refractivity contribution in [2.45, 2.75) is 36.7 Å². The number of amides is 2. The third-order valence-electron chi connectivity index (χ3n) is 7.28. The van der Waals surface area contributed by atoms with Crippen molar-refractivity contribution in [3.05, 3.63) is 72.1 Å². The Labute approximate surface area is 233 Å². The molecule has 39 heavy (non-hydrogen) atoms. The van der Waals surface area contributed by atoms with Gasteiger partial charge in [-0.3, -0.25) is 9.69 Å². The van der Waals surface area contributed by atoms with Gasteiger partial charge in [-0.15, -0.1) is 0 Å². The molecule has 3 heterocycles. The molecule has 5 rings (SSSR count). The summed E-state index contributed by atoms with van der Waals surface area (Å²) in [5, 5.41) is 4.26. The molecule has 2 fully saturated rings. The van der Waals surface area contributed by atoms with Crippen LogP contribution in [0.2, 0.25) is 0 Å². The fourth-order valence-electron chi connectivity index (χ4n) is 4.89. The molecule has 0 spiro atoms. The van der Waals surface area contributed by atoms with Gasteiger partial charge in [-0.1, -0.05) is 30.8 Å². The minimum Gasteiger partial charge on any atom is -0.410 e. The van der Waals surface area contributed by atoms with Gasteiger partial charge < -0.3 is 24.7 Å². The minimum atomic E-state index is -0.339. The highest BCUT2D eigenvalue weighted by molar-refractivity contribution is 7.99. The highest BCUT2D eigenvalue weighted by Crippen LogP contribution is 2.32. The number of hydrogen-bond acceptors (Lipinski definition) is 7. The molecule has 2 aromatic carbocycles. The van der Waals surface area contributed by atoms with Crippen molar-refractivity contribution >= 4 is 29.4 Å². The number of thioether (sulfide) groups is 1. The number of carbonyl (C=O) groups excluding carboxylic acids is 2. The van der Waals surface area contributed by atoms with Crippen LogP contribution in [-0.2, 0) is 11.3 Å². The third kappa shape index (κ3) is 7.62. The number of aromatic amines is 1. The lowest BCUT2D eigenvalue weighted by molar-refractivity contribution is 0.0342. The molecule has 0 bridgehead atoms. The standard InChI is InChI=1S/C29H35N5O4S/c1-21(39-28-30-12-13-31-28)23-10-14-34(15-11-23)29(36)38-26-8-6-25(7-9-26)32-27(35)24-4-2-22(3-5-24)20-33-16-18-37-19-17-33/h2-9,12-13,21,23H,10-11,14-20H2,1H3,(H,30,31)(H,32,35). The normalized spacial score (nSPS) is 17.5. The molecular formula is C29H35N5O4S. The average Bonchev–Trinajstić information content (AvgIpc) is 3.48. The molecule has 2 saturated heterocycles. The highest BCUT2D eigenvalue weighted by Gasteiger charge is 2.28. The van der Waals surface area contributed by atoms with E-state index in [0.29, 0.717) is 41.3 Å². The predicted molar refractivity (Wildman–Crippen MR) is 151 cm³/mol. The Hall–Kier alpha value is -3.34. The second-order valence-electron chi connectivity index (χ2n) is 9.97. The van der Waals surface area contributed by atoms with Crippen molar-refractivity contribution in [1.29, 1.82) is 0 Å². The Morgan fingerprint density at radius 1 is 1.08 bits per heavy atom. The van der Waals surface area contributed by atoms with E-state index in [9.17, 15) is 9.59 Å². The van der Waals surface area contributed by atoms with Crippen molar-refractivity contribution in [3.63, 3.8) is 0 Å². The number of ether oxygens (including phenoxy) is 2. The van der Waals surface area contributed by atoms with E-state index < -0.39 is 0 Å². The molecule has 0 saturated carbocycles. The van der Waals surface area contributed by atoms with Gasteiger partial charge in [0, 0.05) is 61.6 Å². The van der Waals surface area contributed by atoms with Crippen LogP contribution in [0.1, 0.15) is 35.7 Å². The Balaban J connectivity index is 1.06. The van der Waals surface area contributed by atoms with E-state index >= 15 is 0 Å². The number of morpholine rings is 1. The van der Waals surface area contributed by atoms with Crippen LogP contribution in [0.5, 0.6) is 5.75 Å². The number of carbonyl (C=O) groups is 2. The van der Waals surface area contributed by atoms with Crippen molar-refractivity contribution in [2.75, 3.05) is 44.7 Å². The van der Waals surface area contributed by atoms with Crippen LogP contribution in [-0.4, -0.2) is 76.4 Å². The zero-order chi connectivity index (χ0) is 27.0. The van der Waals surface area contributed by atoms with E-state index in [-0.39, 0.29) is 12.0 Å². The summed E-state index contributed by atoms with van der Waals surface area (Å²) < 4.78 is 11.0. The Morgan fingerprint density at radius 3 is 2.46 bits per heavy atom. The number of hydrogen-bond donors (Lipinski definition) is 2. The van der Waals surface area contributed by atoms with Gasteiger partial charge in [0.15, 0.2) is 5.16 Å². The number of benzene rings is 2. The minimum absolute atomic E-state index is 0.181. The lowest BCUT2D eigenvalue weighted by Crippen LogP contribution is -2.41. The molecule has 2 aliphatic heterocycles. The fourth-order valence-corrected chi connectivity index (χ4v) is 5.97. The van der Waals surface area contributed by atoms with Crippen LogP contribution in [0.3, 0.4) is 0 Å². The smallest absolute Gasteiger partial charge is 0.410 e. The van der Waals surface area contributed by atoms with Crippen molar-refractivity contribution < 1.29 is 19.1 Å². The van der Waals surface area contributed by atoms with Gasteiger partial charge in [0.2, 0.25) is 0 Å². The zero-order valence-electron chi connectivity index (χ0n) is 22.2. The highest BCUT2D eigenvalue weighted by atomic mass is 32.2. The molecule has 2 amide bonds. The first-order chi connectivity index (χ1) is 19.0. The van der Waals surface area contributed by atoms with Gasteiger partial charge >= 0.3 is 6.09 Å². The largest absolute Gasteiger partial charge is 0.415 e. The van der Waals surface area contributed by atoms with Crippen molar-refractivity contribution in [1.82, 2.24) is 19.8 Å². The van der Waals surface area contributed by atoms with Crippen LogP contribution in [0.4, 0.5) is 10.5 Å². The summed E-state index contributed by atoms with van der Waals surface area (Å²) >= 11 is 1.74.